The maximum atomic E-state index is 5.16. The lowest BCUT2D eigenvalue weighted by molar-refractivity contribution is 1.17. The molecule has 0 amide bonds. The zero-order valence-corrected chi connectivity index (χ0v) is 22.3. The lowest BCUT2D eigenvalue weighted by Crippen LogP contribution is -1.97. The maximum absolute atomic E-state index is 5.16. The Bertz CT molecular complexity index is 1980. The van der Waals surface area contributed by atoms with Gasteiger partial charge in [-0.25, -0.2) is 39.9 Å². The summed E-state index contributed by atoms with van der Waals surface area (Å²) in [4.78, 5) is 35.1. The molecule has 0 spiro atoms. The summed E-state index contributed by atoms with van der Waals surface area (Å²) in [7, 11) is 0. The first-order valence-corrected chi connectivity index (χ1v) is 13.3. The number of hydrogen-bond acceptors (Lipinski definition) is 8. The van der Waals surface area contributed by atoms with Crippen molar-refractivity contribution in [1.82, 2.24) is 39.9 Å². The molecule has 3 aromatic carbocycles. The van der Waals surface area contributed by atoms with Crippen LogP contribution in [-0.4, -0.2) is 39.9 Å². The van der Waals surface area contributed by atoms with E-state index < -0.39 is 0 Å². The fourth-order valence-electron chi connectivity index (χ4n) is 4.85. The van der Waals surface area contributed by atoms with E-state index in [1.165, 1.54) is 19.0 Å². The molecule has 4 heterocycles. The van der Waals surface area contributed by atoms with Crippen LogP contribution in [0.4, 0.5) is 0 Å². The first kappa shape index (κ1) is 25.0. The Kier molecular flexibility index (Phi) is 6.68. The zero-order chi connectivity index (χ0) is 28.1. The Hall–Kier alpha value is -6.02. The molecule has 0 fully saturated rings. The Labute approximate surface area is 242 Å². The Balaban J connectivity index is 1.38. The largest absolute Gasteiger partial charge is 0.244 e. The van der Waals surface area contributed by atoms with Crippen molar-refractivity contribution < 1.29 is 0 Å². The Morgan fingerprint density at radius 1 is 0.357 bits per heavy atom. The third-order valence-corrected chi connectivity index (χ3v) is 6.90. The molecule has 0 aliphatic carbocycles. The van der Waals surface area contributed by atoms with Gasteiger partial charge in [0.1, 0.15) is 19.0 Å². The van der Waals surface area contributed by atoms with Crippen LogP contribution in [0.1, 0.15) is 0 Å². The summed E-state index contributed by atoms with van der Waals surface area (Å²) in [5.74, 6) is 0.619. The lowest BCUT2D eigenvalue weighted by Gasteiger charge is -2.14. The second-order valence-corrected chi connectivity index (χ2v) is 9.58. The molecule has 0 aliphatic rings. The van der Waals surface area contributed by atoms with E-state index in [-0.39, 0.29) is 0 Å². The van der Waals surface area contributed by atoms with Crippen molar-refractivity contribution in [2.75, 3.05) is 0 Å². The molecule has 0 bridgehead atoms. The zero-order valence-electron chi connectivity index (χ0n) is 22.3. The summed E-state index contributed by atoms with van der Waals surface area (Å²) in [6, 6.07) is 24.6. The topological polar surface area (TPSA) is 103 Å². The van der Waals surface area contributed by atoms with Crippen molar-refractivity contribution in [1.29, 1.82) is 0 Å². The van der Waals surface area contributed by atoms with Crippen molar-refractivity contribution in [3.8, 4) is 67.2 Å². The molecule has 0 unspecified atom stereocenters. The van der Waals surface area contributed by atoms with Gasteiger partial charge in [0.05, 0.1) is 5.69 Å². The van der Waals surface area contributed by atoms with Crippen molar-refractivity contribution in [3.05, 3.63) is 135 Å². The molecule has 7 aromatic rings. The van der Waals surface area contributed by atoms with Crippen LogP contribution in [0, 0.1) is 0 Å². The van der Waals surface area contributed by atoms with E-state index in [9.17, 15) is 0 Å². The Morgan fingerprint density at radius 2 is 0.762 bits per heavy atom. The van der Waals surface area contributed by atoms with Crippen LogP contribution >= 0.6 is 0 Å². The monoisotopic (exact) mass is 542 g/mol. The SMILES string of the molecule is c1cc(-c2cncnc2)cc(-c2ncc(-c3cccc(-c4cncnc4)c3)c(-c3cccc(-c4cncnc4)c3)n2)c1. The first-order valence-electron chi connectivity index (χ1n) is 13.3. The smallest absolute Gasteiger partial charge is 0.159 e. The van der Waals surface area contributed by atoms with Gasteiger partial charge in [0, 0.05) is 76.8 Å². The summed E-state index contributed by atoms with van der Waals surface area (Å²) in [6.45, 7) is 0. The molecular formula is C34H22N8. The third-order valence-electron chi connectivity index (χ3n) is 6.90. The van der Waals surface area contributed by atoms with Gasteiger partial charge in [-0.05, 0) is 40.5 Å². The van der Waals surface area contributed by atoms with E-state index in [2.05, 4.69) is 60.2 Å². The number of aromatic nitrogens is 8. The van der Waals surface area contributed by atoms with Gasteiger partial charge in [-0.1, -0.05) is 54.6 Å². The maximum Gasteiger partial charge on any atom is 0.159 e. The van der Waals surface area contributed by atoms with Crippen LogP contribution in [0.2, 0.25) is 0 Å². The van der Waals surface area contributed by atoms with Crippen LogP contribution < -0.4 is 0 Å². The summed E-state index contributed by atoms with van der Waals surface area (Å²) in [5, 5.41) is 0. The fourth-order valence-corrected chi connectivity index (χ4v) is 4.85. The van der Waals surface area contributed by atoms with Gasteiger partial charge in [-0.15, -0.1) is 0 Å². The lowest BCUT2D eigenvalue weighted by atomic mass is 9.96. The van der Waals surface area contributed by atoms with Gasteiger partial charge >= 0.3 is 0 Å². The van der Waals surface area contributed by atoms with Gasteiger partial charge in [0.2, 0.25) is 0 Å². The van der Waals surface area contributed by atoms with Gasteiger partial charge < -0.3 is 0 Å². The molecule has 4 aromatic heterocycles. The van der Waals surface area contributed by atoms with Gasteiger partial charge in [-0.2, -0.15) is 0 Å². The highest BCUT2D eigenvalue weighted by Crippen LogP contribution is 2.35. The molecule has 7 rings (SSSR count). The van der Waals surface area contributed by atoms with E-state index in [0.29, 0.717) is 5.82 Å². The van der Waals surface area contributed by atoms with Crippen molar-refractivity contribution in [3.63, 3.8) is 0 Å². The summed E-state index contributed by atoms with van der Waals surface area (Å²) >= 11 is 0. The molecule has 0 atom stereocenters. The minimum absolute atomic E-state index is 0.619. The fraction of sp³-hybridized carbons (Fsp3) is 0. The highest BCUT2D eigenvalue weighted by molar-refractivity contribution is 5.85. The first-order chi connectivity index (χ1) is 20.8. The second kappa shape index (κ2) is 11.2. The molecule has 0 radical (unpaired) electrons. The van der Waals surface area contributed by atoms with E-state index in [0.717, 1.165) is 61.3 Å². The Morgan fingerprint density at radius 3 is 1.29 bits per heavy atom. The molecule has 8 heteroatoms. The summed E-state index contributed by atoms with van der Waals surface area (Å²) in [5.41, 5.74) is 10.4. The number of benzene rings is 3. The van der Waals surface area contributed by atoms with E-state index in [4.69, 9.17) is 9.97 Å². The van der Waals surface area contributed by atoms with E-state index in [1.54, 1.807) is 12.4 Å². The minimum Gasteiger partial charge on any atom is -0.244 e. The molecular weight excluding hydrogens is 520 g/mol. The van der Waals surface area contributed by atoms with Crippen LogP contribution in [0.25, 0.3) is 67.2 Å². The molecule has 0 aliphatic heterocycles. The molecule has 42 heavy (non-hydrogen) atoms. The number of nitrogens with zero attached hydrogens (tertiary/aromatic N) is 8. The number of hydrogen-bond donors (Lipinski definition) is 0. The summed E-state index contributed by atoms with van der Waals surface area (Å²) in [6.07, 6.45) is 17.3. The van der Waals surface area contributed by atoms with E-state index in [1.807, 2.05) is 73.4 Å². The van der Waals surface area contributed by atoms with Crippen molar-refractivity contribution in [2.24, 2.45) is 0 Å². The number of rotatable bonds is 6. The van der Waals surface area contributed by atoms with Gasteiger partial charge in [0.25, 0.3) is 0 Å². The second-order valence-electron chi connectivity index (χ2n) is 9.58. The molecule has 8 nitrogen and oxygen atoms in total. The standard InChI is InChI=1S/C34H22N8/c1-4-23(29-13-35-20-36-14-29)10-26(7-1)32-19-41-34(28-9-3-6-25(12-28)31-17-39-22-40-18-31)42-33(32)27-8-2-5-24(11-27)30-15-37-21-38-16-30/h1-22H. The highest BCUT2D eigenvalue weighted by Gasteiger charge is 2.15. The van der Waals surface area contributed by atoms with Crippen LogP contribution in [0.3, 0.4) is 0 Å². The predicted molar refractivity (Wildman–Crippen MR) is 161 cm³/mol. The molecule has 198 valence electrons. The predicted octanol–water partition coefficient (Wildman–Crippen LogP) is 6.85. The van der Waals surface area contributed by atoms with Crippen molar-refractivity contribution >= 4 is 0 Å². The summed E-state index contributed by atoms with van der Waals surface area (Å²) < 4.78 is 0. The minimum atomic E-state index is 0.619. The van der Waals surface area contributed by atoms with Crippen LogP contribution in [0.5, 0.6) is 0 Å². The average Bonchev–Trinajstić information content (AvgIpc) is 3.09. The molecule has 0 saturated heterocycles. The van der Waals surface area contributed by atoms with Crippen molar-refractivity contribution in [2.45, 2.75) is 0 Å². The molecule has 0 saturated carbocycles. The van der Waals surface area contributed by atoms with Gasteiger partial charge in [0.15, 0.2) is 5.82 Å². The quantitative estimate of drug-likeness (QED) is 0.225. The van der Waals surface area contributed by atoms with Crippen LogP contribution in [-0.2, 0) is 0 Å². The normalized spacial score (nSPS) is 10.9. The van der Waals surface area contributed by atoms with Crippen LogP contribution in [0.15, 0.2) is 135 Å². The van der Waals surface area contributed by atoms with E-state index >= 15 is 0 Å². The third kappa shape index (κ3) is 5.12. The highest BCUT2D eigenvalue weighted by atomic mass is 14.9. The van der Waals surface area contributed by atoms with Gasteiger partial charge in [-0.3, -0.25) is 0 Å². The average molecular weight is 543 g/mol. The molecule has 0 N–H and O–H groups in total.